The lowest BCUT2D eigenvalue weighted by Gasteiger charge is -2.24. The van der Waals surface area contributed by atoms with Crippen LogP contribution in [0.2, 0.25) is 0 Å². The monoisotopic (exact) mass is 209 g/mol. The van der Waals surface area contributed by atoms with Gasteiger partial charge in [-0.15, -0.1) is 0 Å². The zero-order valence-electron chi connectivity index (χ0n) is 9.05. The van der Waals surface area contributed by atoms with Crippen molar-refractivity contribution in [1.82, 2.24) is 5.32 Å². The number of hydrogen-bond acceptors (Lipinski definition) is 2. The summed E-state index contributed by atoms with van der Waals surface area (Å²) in [5, 5.41) is 3.62. The molecule has 0 saturated heterocycles. The zero-order valence-corrected chi connectivity index (χ0v) is 9.86. The molecule has 2 rings (SSSR count). The van der Waals surface area contributed by atoms with E-state index in [-0.39, 0.29) is 0 Å². The molecule has 14 heavy (non-hydrogen) atoms. The van der Waals surface area contributed by atoms with Gasteiger partial charge in [0.2, 0.25) is 0 Å². The van der Waals surface area contributed by atoms with E-state index >= 15 is 0 Å². The number of hydrogen-bond donors (Lipinski definition) is 1. The SMILES string of the molecule is CC(=S)C=C(C)NC1CC2CCC1C2. The third-order valence-corrected chi connectivity index (χ3v) is 3.69. The van der Waals surface area contributed by atoms with Crippen LogP contribution in [0.5, 0.6) is 0 Å². The Labute approximate surface area is 92.0 Å². The molecule has 0 aromatic carbocycles. The number of thiocarbonyl (C=S) groups is 1. The Bertz CT molecular complexity index is 269. The van der Waals surface area contributed by atoms with Crippen LogP contribution in [-0.4, -0.2) is 10.9 Å². The fourth-order valence-electron chi connectivity index (χ4n) is 3.06. The van der Waals surface area contributed by atoms with Crippen LogP contribution in [0, 0.1) is 11.8 Å². The van der Waals surface area contributed by atoms with Gasteiger partial charge in [0.05, 0.1) is 0 Å². The van der Waals surface area contributed by atoms with Gasteiger partial charge in [0.25, 0.3) is 0 Å². The van der Waals surface area contributed by atoms with Gasteiger partial charge in [0.1, 0.15) is 0 Å². The van der Waals surface area contributed by atoms with Gasteiger partial charge in [-0.2, -0.15) is 0 Å². The van der Waals surface area contributed by atoms with Gasteiger partial charge in [-0.1, -0.05) is 18.6 Å². The maximum absolute atomic E-state index is 5.06. The van der Waals surface area contributed by atoms with Crippen molar-refractivity contribution >= 4 is 17.1 Å². The first kappa shape index (κ1) is 10.2. The lowest BCUT2D eigenvalue weighted by molar-refractivity contribution is 0.374. The molecular weight excluding hydrogens is 190 g/mol. The molecule has 2 heteroatoms. The quantitative estimate of drug-likeness (QED) is 0.566. The highest BCUT2D eigenvalue weighted by atomic mass is 32.1. The van der Waals surface area contributed by atoms with E-state index in [2.05, 4.69) is 18.3 Å². The highest BCUT2D eigenvalue weighted by molar-refractivity contribution is 7.80. The molecule has 0 heterocycles. The Morgan fingerprint density at radius 1 is 1.29 bits per heavy atom. The van der Waals surface area contributed by atoms with Crippen LogP contribution in [0.4, 0.5) is 0 Å². The summed E-state index contributed by atoms with van der Waals surface area (Å²) in [4.78, 5) is 0.971. The van der Waals surface area contributed by atoms with E-state index in [0.717, 1.165) is 22.7 Å². The van der Waals surface area contributed by atoms with Gasteiger partial charge in [0, 0.05) is 16.6 Å². The Hall–Kier alpha value is -0.370. The number of nitrogens with one attached hydrogen (secondary N) is 1. The molecule has 1 N–H and O–H groups in total. The predicted octanol–water partition coefficient (Wildman–Crippen LogP) is 3.06. The molecule has 3 unspecified atom stereocenters. The Morgan fingerprint density at radius 2 is 2.07 bits per heavy atom. The van der Waals surface area contributed by atoms with Crippen LogP contribution < -0.4 is 5.32 Å². The average Bonchev–Trinajstić information content (AvgIpc) is 2.62. The Balaban J connectivity index is 1.89. The van der Waals surface area contributed by atoms with Crippen molar-refractivity contribution in [1.29, 1.82) is 0 Å². The largest absolute Gasteiger partial charge is 0.386 e. The average molecular weight is 209 g/mol. The summed E-state index contributed by atoms with van der Waals surface area (Å²) in [7, 11) is 0. The summed E-state index contributed by atoms with van der Waals surface area (Å²) in [6.45, 7) is 4.10. The van der Waals surface area contributed by atoms with Crippen molar-refractivity contribution in [2.45, 2.75) is 45.6 Å². The molecule has 3 atom stereocenters. The lowest BCUT2D eigenvalue weighted by Crippen LogP contribution is -2.32. The van der Waals surface area contributed by atoms with E-state index in [1.807, 2.05) is 6.92 Å². The van der Waals surface area contributed by atoms with Gasteiger partial charge in [-0.25, -0.2) is 0 Å². The third-order valence-electron chi connectivity index (χ3n) is 3.57. The molecule has 0 amide bonds. The summed E-state index contributed by atoms with van der Waals surface area (Å²) < 4.78 is 0. The van der Waals surface area contributed by atoms with E-state index < -0.39 is 0 Å². The minimum atomic E-state index is 0.736. The van der Waals surface area contributed by atoms with E-state index in [0.29, 0.717) is 0 Å². The van der Waals surface area contributed by atoms with Crippen molar-refractivity contribution in [2.24, 2.45) is 11.8 Å². The van der Waals surface area contributed by atoms with Gasteiger partial charge in [0.15, 0.2) is 0 Å². The smallest absolute Gasteiger partial charge is 0.0289 e. The standard InChI is InChI=1S/C12H19NS/c1-8(5-9(2)14)13-12-7-10-3-4-11(12)6-10/h5,10-13H,3-4,6-7H2,1-2H3. The molecule has 0 aliphatic heterocycles. The Kier molecular flexibility index (Phi) is 2.91. The number of rotatable bonds is 3. The Morgan fingerprint density at radius 3 is 2.57 bits per heavy atom. The van der Waals surface area contributed by atoms with Crippen LogP contribution in [-0.2, 0) is 0 Å². The number of allylic oxidation sites excluding steroid dienone is 2. The summed E-state index contributed by atoms with van der Waals surface area (Å²) in [5.41, 5.74) is 1.25. The maximum Gasteiger partial charge on any atom is 0.0289 e. The normalized spacial score (nSPS) is 36.1. The van der Waals surface area contributed by atoms with Crippen LogP contribution in [0.1, 0.15) is 39.5 Å². The highest BCUT2D eigenvalue weighted by Crippen LogP contribution is 2.44. The van der Waals surface area contributed by atoms with Gasteiger partial charge < -0.3 is 5.32 Å². The molecule has 0 spiro atoms. The van der Waals surface area contributed by atoms with Gasteiger partial charge in [-0.05, 0) is 51.0 Å². The van der Waals surface area contributed by atoms with Crippen molar-refractivity contribution in [3.05, 3.63) is 11.8 Å². The van der Waals surface area contributed by atoms with Crippen molar-refractivity contribution in [3.63, 3.8) is 0 Å². The van der Waals surface area contributed by atoms with Crippen molar-refractivity contribution < 1.29 is 0 Å². The molecule has 0 radical (unpaired) electrons. The van der Waals surface area contributed by atoms with Crippen molar-refractivity contribution in [2.75, 3.05) is 0 Å². The summed E-state index contributed by atoms with van der Waals surface area (Å²) >= 11 is 5.06. The fourth-order valence-corrected chi connectivity index (χ4v) is 3.24. The molecule has 1 nitrogen and oxygen atoms in total. The topological polar surface area (TPSA) is 12.0 Å². The first-order chi connectivity index (χ1) is 6.65. The molecule has 2 fully saturated rings. The highest BCUT2D eigenvalue weighted by Gasteiger charge is 2.39. The minimum absolute atomic E-state index is 0.736. The van der Waals surface area contributed by atoms with Crippen LogP contribution in [0.15, 0.2) is 11.8 Å². The second-order valence-electron chi connectivity index (χ2n) is 4.86. The van der Waals surface area contributed by atoms with Crippen LogP contribution in [0.3, 0.4) is 0 Å². The van der Waals surface area contributed by atoms with Crippen LogP contribution in [0.25, 0.3) is 0 Å². The minimum Gasteiger partial charge on any atom is -0.386 e. The molecule has 78 valence electrons. The summed E-state index contributed by atoms with van der Waals surface area (Å²) in [6, 6.07) is 0.736. The molecular formula is C12H19NS. The summed E-state index contributed by atoms with van der Waals surface area (Å²) in [6.07, 6.45) is 7.82. The number of fused-ring (bicyclic) bond motifs is 2. The first-order valence-corrected chi connectivity index (χ1v) is 6.01. The molecule has 2 saturated carbocycles. The molecule has 2 aliphatic carbocycles. The van der Waals surface area contributed by atoms with E-state index in [9.17, 15) is 0 Å². The molecule has 2 aliphatic rings. The lowest BCUT2D eigenvalue weighted by atomic mass is 9.95. The molecule has 2 bridgehead atoms. The third kappa shape index (κ3) is 2.17. The van der Waals surface area contributed by atoms with Crippen molar-refractivity contribution in [3.8, 4) is 0 Å². The maximum atomic E-state index is 5.06. The molecule has 0 aromatic heterocycles. The van der Waals surface area contributed by atoms with Gasteiger partial charge >= 0.3 is 0 Å². The van der Waals surface area contributed by atoms with E-state index in [4.69, 9.17) is 12.2 Å². The van der Waals surface area contributed by atoms with E-state index in [1.165, 1.54) is 31.4 Å². The first-order valence-electron chi connectivity index (χ1n) is 5.60. The zero-order chi connectivity index (χ0) is 10.1. The second-order valence-corrected chi connectivity index (χ2v) is 5.51. The second kappa shape index (κ2) is 4.01. The fraction of sp³-hybridized carbons (Fsp3) is 0.750. The van der Waals surface area contributed by atoms with E-state index in [1.54, 1.807) is 0 Å². The predicted molar refractivity (Wildman–Crippen MR) is 64.4 cm³/mol. The van der Waals surface area contributed by atoms with Gasteiger partial charge in [-0.3, -0.25) is 0 Å². The summed E-state index contributed by atoms with van der Waals surface area (Å²) in [5.74, 6) is 1.95. The van der Waals surface area contributed by atoms with Crippen LogP contribution >= 0.6 is 12.2 Å². The molecule has 0 aromatic rings.